The summed E-state index contributed by atoms with van der Waals surface area (Å²) in [6.07, 6.45) is 0.334. The van der Waals surface area contributed by atoms with E-state index in [9.17, 15) is 9.90 Å². The average molecular weight is 329 g/mol. The number of aliphatic hydroxyl groups is 1. The number of anilines is 1. The summed E-state index contributed by atoms with van der Waals surface area (Å²) in [5.41, 5.74) is 1.88. The van der Waals surface area contributed by atoms with Crippen LogP contribution >= 0.6 is 15.9 Å². The molecule has 1 unspecified atom stereocenters. The van der Waals surface area contributed by atoms with E-state index in [0.29, 0.717) is 19.5 Å². The lowest BCUT2D eigenvalue weighted by molar-refractivity contribution is -0.117. The van der Waals surface area contributed by atoms with Crippen LogP contribution < -0.4 is 5.32 Å². The van der Waals surface area contributed by atoms with Gasteiger partial charge in [0.05, 0.1) is 12.6 Å². The molecule has 4 nitrogen and oxygen atoms in total. The summed E-state index contributed by atoms with van der Waals surface area (Å²) in [4.78, 5) is 13.7. The number of halogens is 1. The molecule has 0 saturated heterocycles. The Labute approximate surface area is 122 Å². The normalized spacial score (nSPS) is 12.5. The fourth-order valence-electron chi connectivity index (χ4n) is 1.65. The average Bonchev–Trinajstić information content (AvgIpc) is 2.31. The van der Waals surface area contributed by atoms with Gasteiger partial charge >= 0.3 is 0 Å². The Morgan fingerprint density at radius 3 is 2.79 bits per heavy atom. The van der Waals surface area contributed by atoms with Crippen LogP contribution in [0, 0.1) is 6.92 Å². The molecule has 1 atom stereocenters. The summed E-state index contributed by atoms with van der Waals surface area (Å²) >= 11 is 3.43. The second-order valence-electron chi connectivity index (χ2n) is 4.89. The molecule has 2 N–H and O–H groups in total. The molecule has 19 heavy (non-hydrogen) atoms. The number of carbonyl (C=O) groups is 1. The lowest BCUT2D eigenvalue weighted by Gasteiger charge is -2.17. The molecule has 0 heterocycles. The Hall–Kier alpha value is -0.910. The lowest BCUT2D eigenvalue weighted by Crippen LogP contribution is -2.32. The van der Waals surface area contributed by atoms with Crippen molar-refractivity contribution < 1.29 is 9.90 Å². The molecular weight excluding hydrogens is 308 g/mol. The van der Waals surface area contributed by atoms with Gasteiger partial charge in [0.25, 0.3) is 0 Å². The highest BCUT2D eigenvalue weighted by Crippen LogP contribution is 2.19. The van der Waals surface area contributed by atoms with Crippen molar-refractivity contribution >= 4 is 27.5 Å². The van der Waals surface area contributed by atoms with Gasteiger partial charge in [0, 0.05) is 16.7 Å². The van der Waals surface area contributed by atoms with E-state index < -0.39 is 0 Å². The van der Waals surface area contributed by atoms with Gasteiger partial charge in [0.1, 0.15) is 0 Å². The minimum Gasteiger partial charge on any atom is -0.393 e. The van der Waals surface area contributed by atoms with Crippen molar-refractivity contribution in [1.82, 2.24) is 4.90 Å². The number of aliphatic hydroxyl groups excluding tert-OH is 1. The van der Waals surface area contributed by atoms with Crippen LogP contribution in [0.2, 0.25) is 0 Å². The molecule has 0 aliphatic heterocycles. The van der Waals surface area contributed by atoms with Gasteiger partial charge < -0.3 is 10.4 Å². The maximum absolute atomic E-state index is 11.8. The molecule has 1 aromatic carbocycles. The number of nitrogens with one attached hydrogen (secondary N) is 1. The van der Waals surface area contributed by atoms with Gasteiger partial charge in [-0.05, 0) is 51.1 Å². The van der Waals surface area contributed by atoms with E-state index in [1.807, 2.05) is 37.1 Å². The number of nitrogens with zero attached hydrogens (tertiary/aromatic N) is 1. The second kappa shape index (κ2) is 7.62. The smallest absolute Gasteiger partial charge is 0.238 e. The molecule has 0 radical (unpaired) electrons. The standard InChI is InChI=1S/C14H21BrN2O2/c1-10-8-12(4-5-13(10)15)16-14(19)9-17(3)7-6-11(2)18/h4-5,8,11,18H,6-7,9H2,1-3H3,(H,16,19). The van der Waals surface area contributed by atoms with E-state index >= 15 is 0 Å². The van der Waals surface area contributed by atoms with Crippen molar-refractivity contribution in [2.24, 2.45) is 0 Å². The third-order valence-corrected chi connectivity index (χ3v) is 3.67. The van der Waals surface area contributed by atoms with Crippen molar-refractivity contribution in [3.8, 4) is 0 Å². The molecule has 0 spiro atoms. The van der Waals surface area contributed by atoms with Crippen molar-refractivity contribution in [2.75, 3.05) is 25.5 Å². The van der Waals surface area contributed by atoms with E-state index in [0.717, 1.165) is 15.7 Å². The Morgan fingerprint density at radius 1 is 1.53 bits per heavy atom. The van der Waals surface area contributed by atoms with Gasteiger partial charge in [-0.2, -0.15) is 0 Å². The van der Waals surface area contributed by atoms with Crippen LogP contribution in [-0.2, 0) is 4.79 Å². The Kier molecular flexibility index (Phi) is 6.48. The van der Waals surface area contributed by atoms with Crippen LogP contribution in [-0.4, -0.2) is 42.2 Å². The van der Waals surface area contributed by atoms with Crippen LogP contribution in [0.1, 0.15) is 18.9 Å². The number of rotatable bonds is 6. The van der Waals surface area contributed by atoms with E-state index in [4.69, 9.17) is 0 Å². The highest BCUT2D eigenvalue weighted by atomic mass is 79.9. The summed E-state index contributed by atoms with van der Waals surface area (Å²) < 4.78 is 1.03. The molecule has 0 aliphatic rings. The summed E-state index contributed by atoms with van der Waals surface area (Å²) in [5.74, 6) is -0.0465. The number of hydrogen-bond acceptors (Lipinski definition) is 3. The largest absolute Gasteiger partial charge is 0.393 e. The molecule has 0 bridgehead atoms. The maximum atomic E-state index is 11.8. The monoisotopic (exact) mass is 328 g/mol. The molecule has 1 amide bonds. The van der Waals surface area contributed by atoms with Crippen molar-refractivity contribution in [1.29, 1.82) is 0 Å². The topological polar surface area (TPSA) is 52.6 Å². The fourth-order valence-corrected chi connectivity index (χ4v) is 1.90. The highest BCUT2D eigenvalue weighted by Gasteiger charge is 2.08. The van der Waals surface area contributed by atoms with Crippen LogP contribution in [0.5, 0.6) is 0 Å². The third kappa shape index (κ3) is 6.18. The van der Waals surface area contributed by atoms with Gasteiger partial charge in [0.15, 0.2) is 0 Å². The minimum atomic E-state index is -0.334. The van der Waals surface area contributed by atoms with Gasteiger partial charge in [-0.3, -0.25) is 9.69 Å². The van der Waals surface area contributed by atoms with Crippen LogP contribution in [0.3, 0.4) is 0 Å². The molecular formula is C14H21BrN2O2. The number of carbonyl (C=O) groups excluding carboxylic acids is 1. The van der Waals surface area contributed by atoms with Gasteiger partial charge in [0.2, 0.25) is 5.91 Å². The number of hydrogen-bond donors (Lipinski definition) is 2. The quantitative estimate of drug-likeness (QED) is 0.843. The number of aryl methyl sites for hydroxylation is 1. The molecule has 0 fully saturated rings. The molecule has 1 rings (SSSR count). The van der Waals surface area contributed by atoms with E-state index in [1.165, 1.54) is 0 Å². The zero-order chi connectivity index (χ0) is 14.4. The van der Waals surface area contributed by atoms with E-state index in [1.54, 1.807) is 6.92 Å². The molecule has 0 saturated carbocycles. The third-order valence-electron chi connectivity index (χ3n) is 2.78. The van der Waals surface area contributed by atoms with E-state index in [-0.39, 0.29) is 12.0 Å². The Balaban J connectivity index is 2.44. The number of likely N-dealkylation sites (N-methyl/N-ethyl adjacent to an activating group) is 1. The van der Waals surface area contributed by atoms with Crippen molar-refractivity contribution in [3.63, 3.8) is 0 Å². The SMILES string of the molecule is Cc1cc(NC(=O)CN(C)CCC(C)O)ccc1Br. The van der Waals surface area contributed by atoms with Crippen LogP contribution in [0.4, 0.5) is 5.69 Å². The molecule has 5 heteroatoms. The summed E-state index contributed by atoms with van der Waals surface area (Å²) in [5, 5.41) is 12.1. The predicted octanol–water partition coefficient (Wildman–Crippen LogP) is 2.40. The molecule has 1 aromatic rings. The Morgan fingerprint density at radius 2 is 2.21 bits per heavy atom. The number of amides is 1. The highest BCUT2D eigenvalue weighted by molar-refractivity contribution is 9.10. The second-order valence-corrected chi connectivity index (χ2v) is 5.74. The minimum absolute atomic E-state index is 0.0465. The predicted molar refractivity (Wildman–Crippen MR) is 81.3 cm³/mol. The van der Waals surface area contributed by atoms with E-state index in [2.05, 4.69) is 21.2 Å². The lowest BCUT2D eigenvalue weighted by atomic mass is 10.2. The molecule has 106 valence electrons. The summed E-state index contributed by atoms with van der Waals surface area (Å²) in [6.45, 7) is 4.75. The first-order valence-corrected chi connectivity index (χ1v) is 7.10. The first-order valence-electron chi connectivity index (χ1n) is 6.31. The van der Waals surface area contributed by atoms with Gasteiger partial charge in [-0.25, -0.2) is 0 Å². The van der Waals surface area contributed by atoms with Crippen LogP contribution in [0.15, 0.2) is 22.7 Å². The van der Waals surface area contributed by atoms with Gasteiger partial charge in [-0.1, -0.05) is 15.9 Å². The molecule has 0 aromatic heterocycles. The van der Waals surface area contributed by atoms with Crippen LogP contribution in [0.25, 0.3) is 0 Å². The summed E-state index contributed by atoms with van der Waals surface area (Å²) in [7, 11) is 1.87. The first kappa shape index (κ1) is 16.1. The van der Waals surface area contributed by atoms with Crippen molar-refractivity contribution in [2.45, 2.75) is 26.4 Å². The first-order chi connectivity index (χ1) is 8.88. The zero-order valence-corrected chi connectivity index (χ0v) is 13.2. The van der Waals surface area contributed by atoms with Crippen molar-refractivity contribution in [3.05, 3.63) is 28.2 Å². The van der Waals surface area contributed by atoms with Gasteiger partial charge in [-0.15, -0.1) is 0 Å². The summed E-state index contributed by atoms with van der Waals surface area (Å²) in [6, 6.07) is 5.71. The maximum Gasteiger partial charge on any atom is 0.238 e. The molecule has 0 aliphatic carbocycles. The fraction of sp³-hybridized carbons (Fsp3) is 0.500. The zero-order valence-electron chi connectivity index (χ0n) is 11.6. The Bertz CT molecular complexity index is 435. The number of benzene rings is 1.